The quantitative estimate of drug-likeness (QED) is 0.132. The van der Waals surface area contributed by atoms with E-state index in [0.29, 0.717) is 0 Å². The van der Waals surface area contributed by atoms with Gasteiger partial charge >= 0.3 is 0 Å². The SMILES string of the molecule is Cc1cccc(-c2[c-]cccc2)n1.[Ir].[c-]1ccc(-c2ccc3c(c2)[Si]2(c4ccccc4-c4ccccc42)c2ccccc2-3)cc1-c1ccccn1. The molecule has 0 aliphatic carbocycles. The molecule has 0 saturated carbocycles. The van der Waals surface area contributed by atoms with E-state index in [9.17, 15) is 0 Å². The molecule has 0 fully saturated rings. The molecule has 0 N–H and O–H groups in total. The van der Waals surface area contributed by atoms with E-state index in [1.54, 1.807) is 0 Å². The van der Waals surface area contributed by atoms with Crippen molar-refractivity contribution in [2.75, 3.05) is 0 Å². The fraction of sp³-hybridized carbons (Fsp3) is 0.0213. The van der Waals surface area contributed by atoms with Gasteiger partial charge in [-0.05, 0) is 79.0 Å². The summed E-state index contributed by atoms with van der Waals surface area (Å²) in [5.74, 6) is 0. The maximum absolute atomic E-state index is 4.55. The third-order valence-electron chi connectivity index (χ3n) is 9.95. The van der Waals surface area contributed by atoms with Crippen LogP contribution in [0.5, 0.6) is 0 Å². The average Bonchev–Trinajstić information content (AvgIpc) is 3.66. The van der Waals surface area contributed by atoms with Crippen molar-refractivity contribution < 1.29 is 20.1 Å². The predicted octanol–water partition coefficient (Wildman–Crippen LogP) is 8.41. The van der Waals surface area contributed by atoms with Crippen molar-refractivity contribution in [3.63, 3.8) is 0 Å². The molecule has 4 heterocycles. The van der Waals surface area contributed by atoms with E-state index in [4.69, 9.17) is 0 Å². The number of nitrogens with zero attached hydrogens (tertiary/aromatic N) is 2. The van der Waals surface area contributed by atoms with Gasteiger partial charge in [-0.1, -0.05) is 115 Å². The molecule has 4 heteroatoms. The van der Waals surface area contributed by atoms with Crippen LogP contribution < -0.4 is 20.7 Å². The van der Waals surface area contributed by atoms with Crippen LogP contribution in [0.15, 0.2) is 176 Å². The van der Waals surface area contributed by atoms with E-state index in [0.717, 1.165) is 28.2 Å². The summed E-state index contributed by atoms with van der Waals surface area (Å²) in [7, 11) is -2.41. The van der Waals surface area contributed by atoms with Crippen LogP contribution in [-0.2, 0) is 20.1 Å². The van der Waals surface area contributed by atoms with Crippen molar-refractivity contribution in [1.29, 1.82) is 0 Å². The summed E-state index contributed by atoms with van der Waals surface area (Å²) in [5.41, 5.74) is 13.0. The molecule has 0 amide bonds. The van der Waals surface area contributed by atoms with E-state index in [2.05, 4.69) is 125 Å². The van der Waals surface area contributed by atoms with Gasteiger partial charge in [0.05, 0.1) is 0 Å². The van der Waals surface area contributed by atoms with Gasteiger partial charge < -0.3 is 9.97 Å². The predicted molar refractivity (Wildman–Crippen MR) is 209 cm³/mol. The smallest absolute Gasteiger partial charge is 0.182 e. The van der Waals surface area contributed by atoms with Crippen molar-refractivity contribution >= 4 is 28.8 Å². The zero-order valence-corrected chi connectivity index (χ0v) is 31.4. The number of hydrogen-bond acceptors (Lipinski definition) is 2. The van der Waals surface area contributed by atoms with Gasteiger partial charge in [0.2, 0.25) is 0 Å². The van der Waals surface area contributed by atoms with Gasteiger partial charge in [0.15, 0.2) is 8.07 Å². The molecule has 2 aromatic heterocycles. The van der Waals surface area contributed by atoms with Crippen LogP contribution in [0.4, 0.5) is 0 Å². The molecule has 8 aromatic rings. The summed E-state index contributed by atoms with van der Waals surface area (Å²) >= 11 is 0. The summed E-state index contributed by atoms with van der Waals surface area (Å²) in [4.78, 5) is 8.96. The molecule has 0 atom stereocenters. The van der Waals surface area contributed by atoms with Gasteiger partial charge in [-0.15, -0.1) is 71.3 Å². The summed E-state index contributed by atoms with van der Waals surface area (Å²) in [5, 5.41) is 6.02. The van der Waals surface area contributed by atoms with Crippen molar-refractivity contribution in [3.05, 3.63) is 194 Å². The Hall–Kier alpha value is -5.51. The van der Waals surface area contributed by atoms with Crippen molar-refractivity contribution in [2.45, 2.75) is 6.92 Å². The Morgan fingerprint density at radius 2 is 1.04 bits per heavy atom. The van der Waals surface area contributed by atoms with E-state index in [1.165, 1.54) is 54.1 Å². The van der Waals surface area contributed by atoms with Gasteiger partial charge in [-0.2, -0.15) is 0 Å². The fourth-order valence-corrected chi connectivity index (χ4v) is 13.5. The van der Waals surface area contributed by atoms with Crippen LogP contribution in [0, 0.1) is 19.1 Å². The van der Waals surface area contributed by atoms with Gasteiger partial charge in [0.25, 0.3) is 0 Å². The Morgan fingerprint density at radius 3 is 1.67 bits per heavy atom. The third-order valence-corrected chi connectivity index (χ3v) is 14.9. The Labute approximate surface area is 313 Å². The van der Waals surface area contributed by atoms with Crippen molar-refractivity contribution in [1.82, 2.24) is 9.97 Å². The maximum Gasteiger partial charge on any atom is 0.182 e. The second-order valence-corrected chi connectivity index (χ2v) is 16.4. The summed E-state index contributed by atoms with van der Waals surface area (Å²) in [6.45, 7) is 1.99. The summed E-state index contributed by atoms with van der Waals surface area (Å²) in [6.07, 6.45) is 1.84. The van der Waals surface area contributed by atoms with Crippen LogP contribution in [0.3, 0.4) is 0 Å². The third kappa shape index (κ3) is 5.53. The summed E-state index contributed by atoms with van der Waals surface area (Å²) < 4.78 is 0. The van der Waals surface area contributed by atoms with Crippen molar-refractivity contribution in [2.24, 2.45) is 0 Å². The first-order valence-corrected chi connectivity index (χ1v) is 19.0. The standard InChI is InChI=1S/C35H22NSi.C12H10N.Ir/c1-4-16-32-27(12-1)28-13-2-5-17-33(28)37(32)34-18-6-3-14-29(34)30-20-19-25(23-35(30)37)24-10-9-11-26(22-24)31-15-7-8-21-36-31;1-10-6-5-9-12(13-10)11-7-3-2-4-8-11;/h1-10,12-23H;2-7,9H,1H3;/q2*-1;. The monoisotopic (exact) mass is 845 g/mol. The second kappa shape index (κ2) is 13.7. The van der Waals surface area contributed by atoms with Crippen molar-refractivity contribution in [3.8, 4) is 55.9 Å². The normalized spacial score (nSPS) is 12.4. The van der Waals surface area contributed by atoms with Gasteiger partial charge in [-0.25, -0.2) is 0 Å². The number of benzene rings is 6. The first-order chi connectivity index (χ1) is 24.7. The van der Waals surface area contributed by atoms with Crippen LogP contribution in [0.1, 0.15) is 5.69 Å². The largest absolute Gasteiger partial charge is 0.305 e. The number of rotatable bonds is 3. The molecule has 51 heavy (non-hydrogen) atoms. The molecule has 2 aliphatic heterocycles. The topological polar surface area (TPSA) is 25.8 Å². The van der Waals surface area contributed by atoms with E-state index >= 15 is 0 Å². The Morgan fingerprint density at radius 1 is 0.451 bits per heavy atom. The van der Waals surface area contributed by atoms with E-state index in [-0.39, 0.29) is 20.1 Å². The average molecular weight is 845 g/mol. The van der Waals surface area contributed by atoms with E-state index < -0.39 is 8.07 Å². The first kappa shape index (κ1) is 32.7. The Balaban J connectivity index is 0.000000226. The molecular weight excluding hydrogens is 813 g/mol. The molecule has 2 aliphatic rings. The molecule has 6 aromatic carbocycles. The second-order valence-electron chi connectivity index (χ2n) is 12.8. The van der Waals surface area contributed by atoms with Gasteiger partial charge in [0, 0.05) is 32.0 Å². The number of hydrogen-bond donors (Lipinski definition) is 0. The Bertz CT molecular complexity index is 2450. The van der Waals surface area contributed by atoms with Gasteiger partial charge in [0.1, 0.15) is 0 Å². The molecule has 2 nitrogen and oxygen atoms in total. The van der Waals surface area contributed by atoms with Crippen LogP contribution in [-0.4, -0.2) is 18.0 Å². The number of fused-ring (bicyclic) bond motifs is 10. The van der Waals surface area contributed by atoms with Crippen LogP contribution >= 0.6 is 0 Å². The zero-order chi connectivity index (χ0) is 33.5. The molecule has 0 saturated heterocycles. The molecule has 0 unspecified atom stereocenters. The molecule has 0 bridgehead atoms. The van der Waals surface area contributed by atoms with E-state index in [1.807, 2.05) is 79.9 Å². The minimum Gasteiger partial charge on any atom is -0.305 e. The molecule has 1 radical (unpaired) electrons. The first-order valence-electron chi connectivity index (χ1n) is 17.0. The Kier molecular flexibility index (Phi) is 8.75. The fourth-order valence-electron chi connectivity index (χ4n) is 7.84. The minimum absolute atomic E-state index is 0. The number of pyridine rings is 2. The maximum atomic E-state index is 4.55. The molecule has 10 rings (SSSR count). The number of aromatic nitrogens is 2. The summed E-state index contributed by atoms with van der Waals surface area (Å²) in [6, 6.07) is 67.3. The molecule has 245 valence electrons. The zero-order valence-electron chi connectivity index (χ0n) is 28.0. The minimum atomic E-state index is -2.41. The van der Waals surface area contributed by atoms with Gasteiger partial charge in [-0.3, -0.25) is 0 Å². The molecule has 1 spiro atoms. The van der Waals surface area contributed by atoms with Crippen LogP contribution in [0.25, 0.3) is 55.9 Å². The van der Waals surface area contributed by atoms with Crippen LogP contribution in [0.2, 0.25) is 0 Å². The molecular formula is C47H32IrN2Si-2. The number of aryl methyl sites for hydroxylation is 1.